The second kappa shape index (κ2) is 12.9. The van der Waals surface area contributed by atoms with Crippen molar-refractivity contribution in [3.05, 3.63) is 168 Å². The molecular formula is C52H46N2. The predicted molar refractivity (Wildman–Crippen MR) is 232 cm³/mol. The zero-order valence-electron chi connectivity index (χ0n) is 31.6. The maximum absolute atomic E-state index is 2.55. The lowest BCUT2D eigenvalue weighted by Gasteiger charge is -2.32. The highest BCUT2D eigenvalue weighted by Gasteiger charge is 2.25. The van der Waals surface area contributed by atoms with Crippen molar-refractivity contribution in [2.45, 2.75) is 51.9 Å². The Morgan fingerprint density at radius 1 is 0.444 bits per heavy atom. The van der Waals surface area contributed by atoms with Crippen LogP contribution in [0.25, 0.3) is 54.6 Å². The molecule has 2 heterocycles. The van der Waals surface area contributed by atoms with Gasteiger partial charge in [-0.25, -0.2) is 0 Å². The summed E-state index contributed by atoms with van der Waals surface area (Å²) in [5.41, 5.74) is 14.6. The summed E-state index contributed by atoms with van der Waals surface area (Å²) in [6.07, 6.45) is 4.56. The van der Waals surface area contributed by atoms with Gasteiger partial charge in [0, 0.05) is 35.8 Å². The topological polar surface area (TPSA) is 6.48 Å². The average molecular weight is 699 g/mol. The molecule has 2 aliphatic heterocycles. The Hall–Kier alpha value is -5.86. The Morgan fingerprint density at radius 2 is 0.981 bits per heavy atom. The summed E-state index contributed by atoms with van der Waals surface area (Å²) in [4.78, 5) is 5.09. The van der Waals surface area contributed by atoms with E-state index in [1.165, 1.54) is 94.0 Å². The van der Waals surface area contributed by atoms with Gasteiger partial charge in [0.1, 0.15) is 0 Å². The molecule has 0 saturated carbocycles. The number of para-hydroxylation sites is 2. The van der Waals surface area contributed by atoms with Gasteiger partial charge in [-0.3, -0.25) is 0 Å². The Bertz CT molecular complexity index is 2710. The highest BCUT2D eigenvalue weighted by molar-refractivity contribution is 6.24. The number of aryl methyl sites for hydroxylation is 2. The largest absolute Gasteiger partial charge is 0.341 e. The van der Waals surface area contributed by atoms with Gasteiger partial charge in [-0.05, 0) is 139 Å². The lowest BCUT2D eigenvalue weighted by molar-refractivity contribution is 0.590. The van der Waals surface area contributed by atoms with Gasteiger partial charge in [-0.2, -0.15) is 0 Å². The summed E-state index contributed by atoms with van der Waals surface area (Å²) >= 11 is 0. The molecule has 10 rings (SSSR count). The number of anilines is 4. The summed E-state index contributed by atoms with van der Waals surface area (Å²) in [5.74, 6) is 0. The van der Waals surface area contributed by atoms with Crippen LogP contribution in [0.5, 0.6) is 0 Å². The zero-order chi connectivity index (χ0) is 36.4. The van der Waals surface area contributed by atoms with E-state index in [-0.39, 0.29) is 5.41 Å². The van der Waals surface area contributed by atoms with E-state index in [1.54, 1.807) is 0 Å². The molecule has 0 aliphatic carbocycles. The Balaban J connectivity index is 1.31. The molecule has 0 spiro atoms. The molecule has 0 saturated heterocycles. The van der Waals surface area contributed by atoms with Gasteiger partial charge >= 0.3 is 0 Å². The first kappa shape index (κ1) is 32.8. The number of benzene rings is 8. The normalized spacial score (nSPS) is 14.4. The molecule has 8 aromatic carbocycles. The van der Waals surface area contributed by atoms with E-state index in [4.69, 9.17) is 0 Å². The number of rotatable bonds is 4. The van der Waals surface area contributed by atoms with E-state index >= 15 is 0 Å². The fraction of sp³-hybridized carbons (Fsp3) is 0.192. The monoisotopic (exact) mass is 698 g/mol. The van der Waals surface area contributed by atoms with Crippen molar-refractivity contribution < 1.29 is 0 Å². The molecule has 0 atom stereocenters. The van der Waals surface area contributed by atoms with Crippen LogP contribution in [-0.2, 0) is 18.3 Å². The van der Waals surface area contributed by atoms with E-state index in [9.17, 15) is 0 Å². The van der Waals surface area contributed by atoms with E-state index in [0.717, 1.165) is 38.8 Å². The van der Waals surface area contributed by atoms with Gasteiger partial charge in [-0.1, -0.05) is 136 Å². The van der Waals surface area contributed by atoms with Gasteiger partial charge in [0.25, 0.3) is 0 Å². The van der Waals surface area contributed by atoms with E-state index < -0.39 is 0 Å². The molecule has 54 heavy (non-hydrogen) atoms. The van der Waals surface area contributed by atoms with E-state index in [2.05, 4.69) is 182 Å². The summed E-state index contributed by atoms with van der Waals surface area (Å²) < 4.78 is 0. The standard InChI is InChI=1S/C52H46N2/c1-52(2,3)39-25-23-38(24-26-39)50-44-29-27-41(54-32-12-18-37-15-6-9-22-49(37)54)34-47(44)51(43-20-10-16-35-13-4-7-19-42(35)43)45-30-28-40(33-46(45)50)53-31-11-17-36-14-5-8-21-48(36)53/h4-10,13-16,19-30,33-34H,11-12,17-18,31-32H2,1-3H3. The molecule has 0 fully saturated rings. The van der Waals surface area contributed by atoms with Crippen LogP contribution < -0.4 is 9.80 Å². The minimum Gasteiger partial charge on any atom is -0.341 e. The molecule has 0 aromatic heterocycles. The summed E-state index contributed by atoms with van der Waals surface area (Å²) in [7, 11) is 0. The van der Waals surface area contributed by atoms with Crippen molar-refractivity contribution >= 4 is 55.1 Å². The van der Waals surface area contributed by atoms with Crippen LogP contribution in [0.4, 0.5) is 22.7 Å². The second-order valence-corrected chi connectivity index (χ2v) is 16.3. The number of nitrogens with zero attached hydrogens (tertiary/aromatic N) is 2. The molecule has 0 unspecified atom stereocenters. The Morgan fingerprint density at radius 3 is 1.61 bits per heavy atom. The van der Waals surface area contributed by atoms with Crippen molar-refractivity contribution in [2.75, 3.05) is 22.9 Å². The zero-order valence-corrected chi connectivity index (χ0v) is 31.6. The predicted octanol–water partition coefficient (Wildman–Crippen LogP) is 13.9. The first-order valence-electron chi connectivity index (χ1n) is 19.8. The molecule has 2 heteroatoms. The second-order valence-electron chi connectivity index (χ2n) is 16.3. The van der Waals surface area contributed by atoms with Gasteiger partial charge in [0.2, 0.25) is 0 Å². The highest BCUT2D eigenvalue weighted by atomic mass is 15.1. The summed E-state index contributed by atoms with van der Waals surface area (Å²) in [6, 6.07) is 57.6. The average Bonchev–Trinajstić information content (AvgIpc) is 3.21. The van der Waals surface area contributed by atoms with Crippen LogP contribution in [0, 0.1) is 0 Å². The van der Waals surface area contributed by atoms with Gasteiger partial charge in [-0.15, -0.1) is 0 Å². The first-order chi connectivity index (χ1) is 26.4. The Labute approximate surface area is 319 Å². The number of fused-ring (bicyclic) bond motifs is 5. The maximum atomic E-state index is 2.55. The van der Waals surface area contributed by atoms with Crippen molar-refractivity contribution in [3.63, 3.8) is 0 Å². The Kier molecular flexibility index (Phi) is 7.84. The van der Waals surface area contributed by atoms with Crippen LogP contribution in [0.1, 0.15) is 50.3 Å². The third-order valence-corrected chi connectivity index (χ3v) is 12.0. The van der Waals surface area contributed by atoms with E-state index in [0.29, 0.717) is 0 Å². The SMILES string of the molecule is CC(C)(C)c1ccc(-c2c3cc(N4CCCc5ccccc54)ccc3c(-c3cccc4ccccc34)c3cc(N4CCCc5ccccc54)ccc23)cc1. The highest BCUT2D eigenvalue weighted by Crippen LogP contribution is 2.49. The van der Waals surface area contributed by atoms with Crippen LogP contribution in [0.15, 0.2) is 152 Å². The molecule has 2 nitrogen and oxygen atoms in total. The van der Waals surface area contributed by atoms with Gasteiger partial charge in [0.15, 0.2) is 0 Å². The van der Waals surface area contributed by atoms with Crippen LogP contribution >= 0.6 is 0 Å². The quantitative estimate of drug-likeness (QED) is 0.169. The first-order valence-corrected chi connectivity index (χ1v) is 19.8. The smallest absolute Gasteiger partial charge is 0.0443 e. The van der Waals surface area contributed by atoms with Crippen LogP contribution in [0.2, 0.25) is 0 Å². The van der Waals surface area contributed by atoms with Crippen molar-refractivity contribution in [3.8, 4) is 22.3 Å². The third kappa shape index (κ3) is 5.47. The maximum Gasteiger partial charge on any atom is 0.0443 e. The van der Waals surface area contributed by atoms with E-state index in [1.807, 2.05) is 0 Å². The lowest BCUT2D eigenvalue weighted by atomic mass is 9.82. The molecule has 0 bridgehead atoms. The molecule has 0 N–H and O–H groups in total. The van der Waals surface area contributed by atoms with Gasteiger partial charge < -0.3 is 9.80 Å². The molecule has 8 aromatic rings. The van der Waals surface area contributed by atoms with Crippen molar-refractivity contribution in [2.24, 2.45) is 0 Å². The molecule has 0 radical (unpaired) electrons. The lowest BCUT2D eigenvalue weighted by Crippen LogP contribution is -2.24. The van der Waals surface area contributed by atoms with Gasteiger partial charge in [0.05, 0.1) is 0 Å². The summed E-state index contributed by atoms with van der Waals surface area (Å²) in [6.45, 7) is 8.93. The number of hydrogen-bond acceptors (Lipinski definition) is 2. The van der Waals surface area contributed by atoms with Crippen molar-refractivity contribution in [1.82, 2.24) is 0 Å². The number of hydrogen-bond donors (Lipinski definition) is 0. The minimum atomic E-state index is 0.0787. The van der Waals surface area contributed by atoms with Crippen LogP contribution in [0.3, 0.4) is 0 Å². The molecule has 264 valence electrons. The van der Waals surface area contributed by atoms with Crippen LogP contribution in [-0.4, -0.2) is 13.1 Å². The van der Waals surface area contributed by atoms with Crippen molar-refractivity contribution in [1.29, 1.82) is 0 Å². The molecule has 2 aliphatic rings. The molecular weight excluding hydrogens is 653 g/mol. The molecule has 0 amide bonds. The fourth-order valence-corrected chi connectivity index (χ4v) is 9.33. The summed E-state index contributed by atoms with van der Waals surface area (Å²) in [5, 5.41) is 7.72. The fourth-order valence-electron chi connectivity index (χ4n) is 9.33. The minimum absolute atomic E-state index is 0.0787. The third-order valence-electron chi connectivity index (χ3n) is 12.0.